The highest BCUT2D eigenvalue weighted by atomic mass is 16.5. The molecule has 0 spiro atoms. The van der Waals surface area contributed by atoms with Crippen LogP contribution in [0.15, 0.2) is 84.8 Å². The molecule has 0 fully saturated rings. The summed E-state index contributed by atoms with van der Waals surface area (Å²) in [5.74, 6) is -1.05. The number of carbonyl (C=O) groups is 2. The minimum atomic E-state index is -1.22. The van der Waals surface area contributed by atoms with Gasteiger partial charge in [-0.05, 0) is 53.6 Å². The molecule has 0 saturated heterocycles. The van der Waals surface area contributed by atoms with Crippen molar-refractivity contribution < 1.29 is 19.4 Å². The van der Waals surface area contributed by atoms with Crippen LogP contribution in [0, 0.1) is 0 Å². The van der Waals surface area contributed by atoms with Gasteiger partial charge in [-0.1, -0.05) is 30.3 Å². The number of aliphatic carboxylic acids is 1. The molecule has 0 unspecified atom stereocenters. The SMILES string of the molecule is O=C(O)C(=Cc1ccc(OCc2ccncc2)cc1)NC(=O)c1ccccc1. The molecule has 1 aromatic heterocycles. The molecule has 1 amide bonds. The standard InChI is InChI=1S/C22H18N2O4/c25-21(18-4-2-1-3-5-18)24-20(22(26)27)14-16-6-8-19(9-7-16)28-15-17-10-12-23-13-11-17/h1-14H,15H2,(H,24,25)(H,26,27). The van der Waals surface area contributed by atoms with Crippen LogP contribution in [0.2, 0.25) is 0 Å². The molecule has 2 aromatic carbocycles. The first-order chi connectivity index (χ1) is 13.6. The zero-order chi connectivity index (χ0) is 19.8. The molecule has 0 aliphatic carbocycles. The van der Waals surface area contributed by atoms with Crippen LogP contribution in [0.1, 0.15) is 21.5 Å². The Bertz CT molecular complexity index is 968. The Labute approximate surface area is 162 Å². The van der Waals surface area contributed by atoms with E-state index in [1.807, 2.05) is 12.1 Å². The van der Waals surface area contributed by atoms with Gasteiger partial charge in [-0.15, -0.1) is 0 Å². The van der Waals surface area contributed by atoms with Crippen molar-refractivity contribution in [2.45, 2.75) is 6.61 Å². The Morgan fingerprint density at radius 1 is 0.964 bits per heavy atom. The molecule has 0 aliphatic heterocycles. The van der Waals surface area contributed by atoms with E-state index in [2.05, 4.69) is 10.3 Å². The second-order valence-electron chi connectivity index (χ2n) is 5.90. The summed E-state index contributed by atoms with van der Waals surface area (Å²) in [6.07, 6.45) is 4.79. The Morgan fingerprint density at radius 3 is 2.29 bits per heavy atom. The number of amides is 1. The van der Waals surface area contributed by atoms with Crippen molar-refractivity contribution in [3.05, 3.63) is 102 Å². The van der Waals surface area contributed by atoms with Gasteiger partial charge in [-0.25, -0.2) is 4.79 Å². The summed E-state index contributed by atoms with van der Waals surface area (Å²) in [5, 5.41) is 11.8. The number of ether oxygens (including phenoxy) is 1. The van der Waals surface area contributed by atoms with Gasteiger partial charge in [-0.3, -0.25) is 9.78 Å². The lowest BCUT2D eigenvalue weighted by Crippen LogP contribution is -2.27. The fourth-order valence-corrected chi connectivity index (χ4v) is 2.41. The molecule has 1 heterocycles. The summed E-state index contributed by atoms with van der Waals surface area (Å²) >= 11 is 0. The number of benzene rings is 2. The first-order valence-corrected chi connectivity index (χ1v) is 8.55. The van der Waals surface area contributed by atoms with E-state index in [1.165, 1.54) is 6.08 Å². The number of pyridine rings is 1. The van der Waals surface area contributed by atoms with E-state index in [0.29, 0.717) is 23.5 Å². The predicted molar refractivity (Wildman–Crippen MR) is 105 cm³/mol. The van der Waals surface area contributed by atoms with Crippen molar-refractivity contribution in [3.8, 4) is 5.75 Å². The van der Waals surface area contributed by atoms with E-state index in [4.69, 9.17) is 4.74 Å². The second-order valence-corrected chi connectivity index (χ2v) is 5.90. The Balaban J connectivity index is 1.67. The van der Waals surface area contributed by atoms with E-state index in [9.17, 15) is 14.7 Å². The summed E-state index contributed by atoms with van der Waals surface area (Å²) < 4.78 is 5.69. The third-order valence-corrected chi connectivity index (χ3v) is 3.86. The summed E-state index contributed by atoms with van der Waals surface area (Å²) in [5.41, 5.74) is 1.80. The van der Waals surface area contributed by atoms with E-state index in [-0.39, 0.29) is 5.70 Å². The van der Waals surface area contributed by atoms with Crippen molar-refractivity contribution in [1.29, 1.82) is 0 Å². The summed E-state index contributed by atoms with van der Waals surface area (Å²) in [7, 11) is 0. The lowest BCUT2D eigenvalue weighted by atomic mass is 10.1. The lowest BCUT2D eigenvalue weighted by Gasteiger charge is -2.08. The molecule has 3 rings (SSSR count). The monoisotopic (exact) mass is 374 g/mol. The number of hydrogen-bond donors (Lipinski definition) is 2. The third kappa shape index (κ3) is 5.28. The van der Waals surface area contributed by atoms with Crippen LogP contribution in [-0.4, -0.2) is 22.0 Å². The number of carbonyl (C=O) groups excluding carboxylic acids is 1. The van der Waals surface area contributed by atoms with E-state index < -0.39 is 11.9 Å². The fourth-order valence-electron chi connectivity index (χ4n) is 2.41. The van der Waals surface area contributed by atoms with Gasteiger partial charge in [-0.2, -0.15) is 0 Å². The van der Waals surface area contributed by atoms with Crippen molar-refractivity contribution in [2.24, 2.45) is 0 Å². The number of nitrogens with zero attached hydrogens (tertiary/aromatic N) is 1. The summed E-state index contributed by atoms with van der Waals surface area (Å²) in [6, 6.07) is 19.1. The van der Waals surface area contributed by atoms with Crippen LogP contribution >= 0.6 is 0 Å². The average molecular weight is 374 g/mol. The maximum atomic E-state index is 12.2. The van der Waals surface area contributed by atoms with Gasteiger partial charge in [0.15, 0.2) is 0 Å². The average Bonchev–Trinajstić information content (AvgIpc) is 2.74. The zero-order valence-corrected chi connectivity index (χ0v) is 14.9. The lowest BCUT2D eigenvalue weighted by molar-refractivity contribution is -0.132. The highest BCUT2D eigenvalue weighted by molar-refractivity contribution is 6.02. The molecule has 0 radical (unpaired) electrons. The quantitative estimate of drug-likeness (QED) is 0.618. The van der Waals surface area contributed by atoms with Crippen molar-refractivity contribution in [3.63, 3.8) is 0 Å². The molecule has 0 saturated carbocycles. The molecule has 0 bridgehead atoms. The molecule has 2 N–H and O–H groups in total. The van der Waals surface area contributed by atoms with Crippen LogP contribution in [0.25, 0.3) is 6.08 Å². The minimum Gasteiger partial charge on any atom is -0.489 e. The highest BCUT2D eigenvalue weighted by Gasteiger charge is 2.13. The van der Waals surface area contributed by atoms with Crippen molar-refractivity contribution in [1.82, 2.24) is 10.3 Å². The molecular weight excluding hydrogens is 356 g/mol. The molecule has 28 heavy (non-hydrogen) atoms. The number of rotatable bonds is 7. The fraction of sp³-hybridized carbons (Fsp3) is 0.0455. The minimum absolute atomic E-state index is 0.209. The summed E-state index contributed by atoms with van der Waals surface area (Å²) in [6.45, 7) is 0.408. The van der Waals surface area contributed by atoms with Gasteiger partial charge in [0, 0.05) is 18.0 Å². The maximum absolute atomic E-state index is 12.2. The number of hydrogen-bond acceptors (Lipinski definition) is 4. The third-order valence-electron chi connectivity index (χ3n) is 3.86. The second kappa shape index (κ2) is 9.14. The van der Waals surface area contributed by atoms with Crippen LogP contribution in [0.5, 0.6) is 5.75 Å². The van der Waals surface area contributed by atoms with Gasteiger partial charge < -0.3 is 15.2 Å². The number of aromatic nitrogens is 1. The first-order valence-electron chi connectivity index (χ1n) is 8.55. The van der Waals surface area contributed by atoms with Gasteiger partial charge >= 0.3 is 5.97 Å². The normalized spacial score (nSPS) is 10.9. The van der Waals surface area contributed by atoms with E-state index in [1.54, 1.807) is 67.0 Å². The van der Waals surface area contributed by atoms with Crippen LogP contribution in [0.4, 0.5) is 0 Å². The maximum Gasteiger partial charge on any atom is 0.352 e. The number of carboxylic acids is 1. The molecule has 6 heteroatoms. The Hall–Kier alpha value is -3.93. The van der Waals surface area contributed by atoms with Crippen LogP contribution in [0.3, 0.4) is 0 Å². The van der Waals surface area contributed by atoms with Gasteiger partial charge in [0.25, 0.3) is 5.91 Å². The zero-order valence-electron chi connectivity index (χ0n) is 14.9. The highest BCUT2D eigenvalue weighted by Crippen LogP contribution is 2.16. The number of nitrogens with one attached hydrogen (secondary N) is 1. The van der Waals surface area contributed by atoms with Crippen molar-refractivity contribution in [2.75, 3.05) is 0 Å². The molecule has 0 aliphatic rings. The molecule has 6 nitrogen and oxygen atoms in total. The van der Waals surface area contributed by atoms with Crippen LogP contribution < -0.4 is 10.1 Å². The first kappa shape index (κ1) is 18.8. The Kier molecular flexibility index (Phi) is 6.15. The molecule has 140 valence electrons. The van der Waals surface area contributed by atoms with Crippen molar-refractivity contribution >= 4 is 18.0 Å². The largest absolute Gasteiger partial charge is 0.489 e. The number of carboxylic acid groups (broad SMARTS) is 1. The molecule has 3 aromatic rings. The van der Waals surface area contributed by atoms with Gasteiger partial charge in [0.2, 0.25) is 0 Å². The van der Waals surface area contributed by atoms with E-state index >= 15 is 0 Å². The van der Waals surface area contributed by atoms with Gasteiger partial charge in [0.1, 0.15) is 18.1 Å². The Morgan fingerprint density at radius 2 is 1.64 bits per heavy atom. The predicted octanol–water partition coefficient (Wildman–Crippen LogP) is 3.52. The summed E-state index contributed by atoms with van der Waals surface area (Å²) in [4.78, 5) is 27.6. The molecular formula is C22H18N2O4. The van der Waals surface area contributed by atoms with Crippen LogP contribution in [-0.2, 0) is 11.4 Å². The van der Waals surface area contributed by atoms with Gasteiger partial charge in [0.05, 0.1) is 0 Å². The smallest absolute Gasteiger partial charge is 0.352 e. The van der Waals surface area contributed by atoms with E-state index in [0.717, 1.165) is 5.56 Å². The topological polar surface area (TPSA) is 88.5 Å². The molecule has 0 atom stereocenters.